The topological polar surface area (TPSA) is 49.4 Å². The van der Waals surface area contributed by atoms with Crippen LogP contribution in [-0.4, -0.2) is 31.3 Å². The normalized spacial score (nSPS) is 14.2. The number of rotatable bonds is 6. The molecule has 0 unspecified atom stereocenters. The third-order valence-corrected chi connectivity index (χ3v) is 3.38. The second-order valence-electron chi connectivity index (χ2n) is 5.03. The molecule has 1 aliphatic rings. The highest BCUT2D eigenvalue weighted by Crippen LogP contribution is 2.19. The maximum Gasteiger partial charge on any atom is 0.227 e. The Bertz CT molecular complexity index is 464. The number of carbonyl (C=O) groups excluding carboxylic acids is 2. The monoisotopic (exact) mass is 260 g/mol. The molecule has 1 amide bonds. The highest BCUT2D eigenvalue weighted by atomic mass is 16.2. The summed E-state index contributed by atoms with van der Waals surface area (Å²) >= 11 is 0. The van der Waals surface area contributed by atoms with Crippen LogP contribution in [0.25, 0.3) is 0 Å². The van der Waals surface area contributed by atoms with Crippen LogP contribution in [0, 0.1) is 0 Å². The van der Waals surface area contributed by atoms with E-state index in [9.17, 15) is 9.59 Å². The van der Waals surface area contributed by atoms with Crippen LogP contribution in [-0.2, 0) is 4.79 Å². The van der Waals surface area contributed by atoms with Crippen LogP contribution in [0.15, 0.2) is 24.3 Å². The van der Waals surface area contributed by atoms with E-state index >= 15 is 0 Å². The third-order valence-electron chi connectivity index (χ3n) is 3.38. The standard InChI is InChI=1S/C15H20N2O2/c1-11(18)12-3-7-14(8-4-12)17(2)15(19)9-10-16-13-5-6-13/h3-4,7-8,13,16H,5-6,9-10H2,1-2H3. The van der Waals surface area contributed by atoms with E-state index in [0.717, 1.165) is 12.2 Å². The largest absolute Gasteiger partial charge is 0.315 e. The molecule has 1 aromatic carbocycles. The quantitative estimate of drug-likeness (QED) is 0.796. The molecule has 4 heteroatoms. The third kappa shape index (κ3) is 3.89. The van der Waals surface area contributed by atoms with Gasteiger partial charge in [-0.25, -0.2) is 0 Å². The van der Waals surface area contributed by atoms with Crippen molar-refractivity contribution in [2.45, 2.75) is 32.2 Å². The summed E-state index contributed by atoms with van der Waals surface area (Å²) in [5.74, 6) is 0.123. The summed E-state index contributed by atoms with van der Waals surface area (Å²) in [7, 11) is 1.77. The van der Waals surface area contributed by atoms with E-state index in [1.54, 1.807) is 24.1 Å². The summed E-state index contributed by atoms with van der Waals surface area (Å²) in [6, 6.07) is 7.76. The number of hydrogen-bond donors (Lipinski definition) is 1. The van der Waals surface area contributed by atoms with Crippen molar-refractivity contribution >= 4 is 17.4 Å². The second-order valence-corrected chi connectivity index (χ2v) is 5.03. The van der Waals surface area contributed by atoms with Crippen molar-refractivity contribution in [2.24, 2.45) is 0 Å². The molecule has 0 spiro atoms. The van der Waals surface area contributed by atoms with Gasteiger partial charge in [0.2, 0.25) is 5.91 Å². The smallest absolute Gasteiger partial charge is 0.227 e. The molecule has 4 nitrogen and oxygen atoms in total. The second kappa shape index (κ2) is 5.97. The summed E-state index contributed by atoms with van der Waals surface area (Å²) in [6.07, 6.45) is 2.97. The zero-order valence-electron chi connectivity index (χ0n) is 11.5. The van der Waals surface area contributed by atoms with E-state index in [2.05, 4.69) is 5.32 Å². The lowest BCUT2D eigenvalue weighted by Crippen LogP contribution is -2.30. The van der Waals surface area contributed by atoms with Crippen LogP contribution in [0.3, 0.4) is 0 Å². The average Bonchev–Trinajstić information content (AvgIpc) is 3.22. The molecular formula is C15H20N2O2. The predicted molar refractivity (Wildman–Crippen MR) is 75.5 cm³/mol. The van der Waals surface area contributed by atoms with Crippen molar-refractivity contribution in [2.75, 3.05) is 18.5 Å². The van der Waals surface area contributed by atoms with Gasteiger partial charge in [0.15, 0.2) is 5.78 Å². The van der Waals surface area contributed by atoms with Gasteiger partial charge in [0.1, 0.15) is 0 Å². The maximum absolute atomic E-state index is 12.0. The van der Waals surface area contributed by atoms with E-state index in [0.29, 0.717) is 18.0 Å². The van der Waals surface area contributed by atoms with Crippen molar-refractivity contribution < 1.29 is 9.59 Å². The molecular weight excluding hydrogens is 240 g/mol. The van der Waals surface area contributed by atoms with Crippen LogP contribution < -0.4 is 10.2 Å². The van der Waals surface area contributed by atoms with Gasteiger partial charge in [0.05, 0.1) is 0 Å². The first-order valence-electron chi connectivity index (χ1n) is 6.69. The van der Waals surface area contributed by atoms with Gasteiger partial charge in [0, 0.05) is 37.3 Å². The minimum atomic E-state index is 0.0363. The van der Waals surface area contributed by atoms with Crippen molar-refractivity contribution in [3.8, 4) is 0 Å². The number of hydrogen-bond acceptors (Lipinski definition) is 3. The summed E-state index contributed by atoms with van der Waals surface area (Å²) in [4.78, 5) is 24.8. The number of nitrogens with zero attached hydrogens (tertiary/aromatic N) is 1. The molecule has 0 radical (unpaired) electrons. The van der Waals surface area contributed by atoms with Crippen molar-refractivity contribution in [3.05, 3.63) is 29.8 Å². The molecule has 0 saturated heterocycles. The zero-order chi connectivity index (χ0) is 13.8. The number of anilines is 1. The lowest BCUT2D eigenvalue weighted by Gasteiger charge is -2.17. The first kappa shape index (κ1) is 13.7. The van der Waals surface area contributed by atoms with E-state index in [-0.39, 0.29) is 11.7 Å². The number of carbonyl (C=O) groups is 2. The lowest BCUT2D eigenvalue weighted by molar-refractivity contribution is -0.118. The fourth-order valence-corrected chi connectivity index (χ4v) is 1.90. The summed E-state index contributed by atoms with van der Waals surface area (Å²) in [5.41, 5.74) is 1.49. The Labute approximate surface area is 113 Å². The molecule has 102 valence electrons. The van der Waals surface area contributed by atoms with E-state index in [4.69, 9.17) is 0 Å². The molecule has 0 heterocycles. The van der Waals surface area contributed by atoms with Crippen LogP contribution in [0.1, 0.15) is 36.5 Å². The molecule has 0 bridgehead atoms. The molecule has 1 aromatic rings. The Kier molecular flexibility index (Phi) is 4.32. The van der Waals surface area contributed by atoms with E-state index in [1.165, 1.54) is 19.8 Å². The molecule has 1 aliphatic carbocycles. The maximum atomic E-state index is 12.0. The Hall–Kier alpha value is -1.68. The molecule has 0 atom stereocenters. The SMILES string of the molecule is CC(=O)c1ccc(N(C)C(=O)CCNC2CC2)cc1. The van der Waals surface area contributed by atoms with Crippen molar-refractivity contribution in [3.63, 3.8) is 0 Å². The van der Waals surface area contributed by atoms with Gasteiger partial charge < -0.3 is 10.2 Å². The molecule has 1 N–H and O–H groups in total. The molecule has 1 saturated carbocycles. The number of Topliss-reactive ketones (excluding diaryl/α,β-unsaturated/α-hetero) is 1. The first-order chi connectivity index (χ1) is 9.08. The minimum Gasteiger partial charge on any atom is -0.315 e. The van der Waals surface area contributed by atoms with Crippen molar-refractivity contribution in [1.82, 2.24) is 5.32 Å². The summed E-state index contributed by atoms with van der Waals surface area (Å²) < 4.78 is 0. The minimum absolute atomic E-state index is 0.0363. The van der Waals surface area contributed by atoms with Gasteiger partial charge >= 0.3 is 0 Å². The van der Waals surface area contributed by atoms with Crippen LogP contribution >= 0.6 is 0 Å². The fourth-order valence-electron chi connectivity index (χ4n) is 1.90. The van der Waals surface area contributed by atoms with Gasteiger partial charge in [0.25, 0.3) is 0 Å². The Balaban J connectivity index is 1.87. The fraction of sp³-hybridized carbons (Fsp3) is 0.467. The average molecular weight is 260 g/mol. The number of ketones is 1. The lowest BCUT2D eigenvalue weighted by atomic mass is 10.1. The highest BCUT2D eigenvalue weighted by molar-refractivity contribution is 5.96. The van der Waals surface area contributed by atoms with Gasteiger partial charge in [-0.05, 0) is 44.0 Å². The first-order valence-corrected chi connectivity index (χ1v) is 6.69. The van der Waals surface area contributed by atoms with Gasteiger partial charge in [-0.2, -0.15) is 0 Å². The Morgan fingerprint density at radius 3 is 2.42 bits per heavy atom. The summed E-state index contributed by atoms with van der Waals surface area (Å²) in [6.45, 7) is 2.27. The van der Waals surface area contributed by atoms with Gasteiger partial charge in [-0.3, -0.25) is 9.59 Å². The van der Waals surface area contributed by atoms with Crippen molar-refractivity contribution in [1.29, 1.82) is 0 Å². The van der Waals surface area contributed by atoms with E-state index in [1.807, 2.05) is 12.1 Å². The molecule has 19 heavy (non-hydrogen) atoms. The molecule has 0 aromatic heterocycles. The molecule has 1 fully saturated rings. The summed E-state index contributed by atoms with van der Waals surface area (Å²) in [5, 5.41) is 3.33. The van der Waals surface area contributed by atoms with Gasteiger partial charge in [-0.15, -0.1) is 0 Å². The number of benzene rings is 1. The highest BCUT2D eigenvalue weighted by Gasteiger charge is 2.20. The number of nitrogens with one attached hydrogen (secondary N) is 1. The Morgan fingerprint density at radius 2 is 1.89 bits per heavy atom. The van der Waals surface area contributed by atoms with Crippen LogP contribution in [0.2, 0.25) is 0 Å². The zero-order valence-corrected chi connectivity index (χ0v) is 11.5. The molecule has 0 aliphatic heterocycles. The Morgan fingerprint density at radius 1 is 1.26 bits per heavy atom. The number of amides is 1. The van der Waals surface area contributed by atoms with Gasteiger partial charge in [-0.1, -0.05) is 0 Å². The van der Waals surface area contributed by atoms with Crippen LogP contribution in [0.5, 0.6) is 0 Å². The van der Waals surface area contributed by atoms with E-state index < -0.39 is 0 Å². The predicted octanol–water partition coefficient (Wildman–Crippen LogP) is 1.99. The van der Waals surface area contributed by atoms with Crippen LogP contribution in [0.4, 0.5) is 5.69 Å². The molecule has 2 rings (SSSR count).